The van der Waals surface area contributed by atoms with E-state index >= 15 is 0 Å². The third-order valence-electron chi connectivity index (χ3n) is 5.21. The van der Waals surface area contributed by atoms with Gasteiger partial charge in [0.05, 0.1) is 4.90 Å². The van der Waals surface area contributed by atoms with Gasteiger partial charge < -0.3 is 9.88 Å². The fourth-order valence-electron chi connectivity index (χ4n) is 3.54. The van der Waals surface area contributed by atoms with E-state index in [0.717, 1.165) is 5.69 Å². The Bertz CT molecular complexity index is 1220. The lowest BCUT2D eigenvalue weighted by Crippen LogP contribution is -2.48. The first-order valence-electron chi connectivity index (χ1n) is 9.34. The molecule has 0 atom stereocenters. The molecule has 1 aliphatic heterocycles. The van der Waals surface area contributed by atoms with E-state index in [9.17, 15) is 18.0 Å². The number of fused-ring (bicyclic) bond motifs is 1. The lowest BCUT2D eigenvalue weighted by atomic mass is 10.1. The Hall–Kier alpha value is -2.97. The molecule has 0 spiro atoms. The molecule has 150 valence electrons. The number of hydrogen-bond donors (Lipinski definition) is 1. The molecule has 1 fully saturated rings. The average molecular weight is 411 g/mol. The normalized spacial score (nSPS) is 15.6. The van der Waals surface area contributed by atoms with E-state index in [2.05, 4.69) is 9.88 Å². The molecular weight excluding hydrogens is 390 g/mol. The number of anilines is 1. The number of ketones is 1. The zero-order valence-corrected chi connectivity index (χ0v) is 16.8. The minimum Gasteiger partial charge on any atom is -0.369 e. The van der Waals surface area contributed by atoms with E-state index in [-0.39, 0.29) is 16.2 Å². The van der Waals surface area contributed by atoms with Crippen LogP contribution in [0.3, 0.4) is 0 Å². The van der Waals surface area contributed by atoms with Crippen LogP contribution in [-0.2, 0) is 10.0 Å². The lowest BCUT2D eigenvalue weighted by molar-refractivity contribution is 0.101. The third kappa shape index (κ3) is 3.81. The topological polar surface area (TPSA) is 90.6 Å². The number of carbonyl (C=O) groups excluding carboxylic acids is 1. The molecule has 2 aromatic carbocycles. The van der Waals surface area contributed by atoms with E-state index < -0.39 is 10.0 Å². The molecule has 0 amide bonds. The molecule has 1 saturated heterocycles. The summed E-state index contributed by atoms with van der Waals surface area (Å²) in [4.78, 5) is 27.8. The molecule has 7 nitrogen and oxygen atoms in total. The van der Waals surface area contributed by atoms with Gasteiger partial charge in [-0.25, -0.2) is 8.42 Å². The van der Waals surface area contributed by atoms with Gasteiger partial charge in [-0.1, -0.05) is 0 Å². The molecule has 3 aromatic rings. The Morgan fingerprint density at radius 1 is 0.931 bits per heavy atom. The van der Waals surface area contributed by atoms with Crippen LogP contribution in [0.1, 0.15) is 17.3 Å². The molecule has 29 heavy (non-hydrogen) atoms. The Morgan fingerprint density at radius 2 is 1.62 bits per heavy atom. The highest BCUT2D eigenvalue weighted by molar-refractivity contribution is 7.89. The van der Waals surface area contributed by atoms with Gasteiger partial charge in [-0.05, 0) is 60.8 Å². The standard InChI is InChI=1S/C21H21N3O4S/c1-15(25)16-2-5-18(6-3-16)23-10-12-24(13-11-23)29(27,28)19-7-8-20-17(14-19)4-9-21(26)22-20/h2-9,14H,10-13H2,1H3,(H,22,26). The number of rotatable bonds is 4. The van der Waals surface area contributed by atoms with Crippen LogP contribution in [0.5, 0.6) is 0 Å². The van der Waals surface area contributed by atoms with Crippen molar-refractivity contribution >= 4 is 32.4 Å². The first-order valence-corrected chi connectivity index (χ1v) is 10.8. The zero-order chi connectivity index (χ0) is 20.6. The third-order valence-corrected chi connectivity index (χ3v) is 7.11. The Labute approximate surface area is 168 Å². The monoisotopic (exact) mass is 411 g/mol. The van der Waals surface area contributed by atoms with Crippen molar-refractivity contribution in [3.05, 3.63) is 70.5 Å². The Morgan fingerprint density at radius 3 is 2.28 bits per heavy atom. The smallest absolute Gasteiger partial charge is 0.248 e. The second kappa shape index (κ2) is 7.46. The number of pyridine rings is 1. The molecular formula is C21H21N3O4S. The van der Waals surface area contributed by atoms with Crippen LogP contribution >= 0.6 is 0 Å². The summed E-state index contributed by atoms with van der Waals surface area (Å²) < 4.78 is 27.6. The molecule has 0 bridgehead atoms. The highest BCUT2D eigenvalue weighted by Gasteiger charge is 2.28. The van der Waals surface area contributed by atoms with E-state index in [4.69, 9.17) is 0 Å². The van der Waals surface area contributed by atoms with Gasteiger partial charge in [0.15, 0.2) is 5.78 Å². The molecule has 0 unspecified atom stereocenters. The van der Waals surface area contributed by atoms with Crippen molar-refractivity contribution in [3.8, 4) is 0 Å². The van der Waals surface area contributed by atoms with E-state index in [0.29, 0.717) is 42.6 Å². The number of benzene rings is 2. The largest absolute Gasteiger partial charge is 0.369 e. The van der Waals surface area contributed by atoms with E-state index in [1.807, 2.05) is 12.1 Å². The zero-order valence-electron chi connectivity index (χ0n) is 16.0. The van der Waals surface area contributed by atoms with E-state index in [1.165, 1.54) is 23.4 Å². The number of H-pyrrole nitrogens is 1. The average Bonchev–Trinajstić information content (AvgIpc) is 2.73. The van der Waals surface area contributed by atoms with Gasteiger partial charge in [0, 0.05) is 49.0 Å². The number of piperazine rings is 1. The van der Waals surface area contributed by atoms with Crippen molar-refractivity contribution in [1.82, 2.24) is 9.29 Å². The Balaban J connectivity index is 1.50. The van der Waals surface area contributed by atoms with Crippen molar-refractivity contribution in [2.75, 3.05) is 31.1 Å². The maximum Gasteiger partial charge on any atom is 0.248 e. The van der Waals surface area contributed by atoms with Crippen LogP contribution in [0.4, 0.5) is 5.69 Å². The summed E-state index contributed by atoms with van der Waals surface area (Å²) >= 11 is 0. The number of nitrogens with zero attached hydrogens (tertiary/aromatic N) is 2. The number of sulfonamides is 1. The predicted octanol–water partition coefficient (Wildman–Crippen LogP) is 2.24. The highest BCUT2D eigenvalue weighted by atomic mass is 32.2. The maximum atomic E-state index is 13.1. The van der Waals surface area contributed by atoms with Crippen molar-refractivity contribution < 1.29 is 13.2 Å². The summed E-state index contributed by atoms with van der Waals surface area (Å²) in [6.45, 7) is 3.42. The summed E-state index contributed by atoms with van der Waals surface area (Å²) in [5.41, 5.74) is 2.02. The van der Waals surface area contributed by atoms with Gasteiger partial charge >= 0.3 is 0 Å². The number of aromatic amines is 1. The molecule has 4 rings (SSSR count). The van der Waals surface area contributed by atoms with Crippen molar-refractivity contribution in [1.29, 1.82) is 0 Å². The fourth-order valence-corrected chi connectivity index (χ4v) is 4.99. The van der Waals surface area contributed by atoms with Crippen LogP contribution in [0.15, 0.2) is 64.3 Å². The van der Waals surface area contributed by atoms with Crippen molar-refractivity contribution in [3.63, 3.8) is 0 Å². The number of hydrogen-bond acceptors (Lipinski definition) is 5. The van der Waals surface area contributed by atoms with Crippen LogP contribution in [0.25, 0.3) is 10.9 Å². The number of carbonyl (C=O) groups is 1. The van der Waals surface area contributed by atoms with Gasteiger partial charge in [0.1, 0.15) is 0 Å². The van der Waals surface area contributed by atoms with Crippen LogP contribution in [0.2, 0.25) is 0 Å². The van der Waals surface area contributed by atoms with Crippen LogP contribution in [0, 0.1) is 0 Å². The van der Waals surface area contributed by atoms with Crippen LogP contribution < -0.4 is 10.5 Å². The SMILES string of the molecule is CC(=O)c1ccc(N2CCN(S(=O)(=O)c3ccc4[nH]c(=O)ccc4c3)CC2)cc1. The molecule has 8 heteroatoms. The fraction of sp³-hybridized carbons (Fsp3) is 0.238. The maximum absolute atomic E-state index is 13.1. The van der Waals surface area contributed by atoms with Crippen molar-refractivity contribution in [2.45, 2.75) is 11.8 Å². The molecule has 0 saturated carbocycles. The Kier molecular flexibility index (Phi) is 4.97. The summed E-state index contributed by atoms with van der Waals surface area (Å²) in [6, 6.07) is 15.1. The predicted molar refractivity (Wildman–Crippen MR) is 112 cm³/mol. The minimum absolute atomic E-state index is 0.0203. The summed E-state index contributed by atoms with van der Waals surface area (Å²) in [5, 5.41) is 0.676. The quantitative estimate of drug-likeness (QED) is 0.665. The van der Waals surface area contributed by atoms with Gasteiger partial charge in [-0.3, -0.25) is 9.59 Å². The van der Waals surface area contributed by atoms with Gasteiger partial charge in [-0.2, -0.15) is 4.31 Å². The van der Waals surface area contributed by atoms with E-state index in [1.54, 1.807) is 30.3 Å². The molecule has 0 radical (unpaired) electrons. The minimum atomic E-state index is -3.62. The van der Waals surface area contributed by atoms with Gasteiger partial charge in [-0.15, -0.1) is 0 Å². The number of Topliss-reactive ketones (excluding diaryl/α,β-unsaturated/α-hetero) is 1. The molecule has 1 N–H and O–H groups in total. The number of nitrogens with one attached hydrogen (secondary N) is 1. The highest BCUT2D eigenvalue weighted by Crippen LogP contribution is 2.23. The lowest BCUT2D eigenvalue weighted by Gasteiger charge is -2.35. The summed E-state index contributed by atoms with van der Waals surface area (Å²) in [6.07, 6.45) is 0. The molecule has 1 aliphatic rings. The van der Waals surface area contributed by atoms with Gasteiger partial charge in [0.25, 0.3) is 0 Å². The van der Waals surface area contributed by atoms with Gasteiger partial charge in [0.2, 0.25) is 15.6 Å². The second-order valence-corrected chi connectivity index (χ2v) is 9.00. The van der Waals surface area contributed by atoms with Crippen LogP contribution in [-0.4, -0.2) is 49.7 Å². The molecule has 1 aromatic heterocycles. The first kappa shape index (κ1) is 19.4. The number of aromatic nitrogens is 1. The van der Waals surface area contributed by atoms with Crippen molar-refractivity contribution in [2.24, 2.45) is 0 Å². The second-order valence-electron chi connectivity index (χ2n) is 7.07. The summed E-state index contributed by atoms with van der Waals surface area (Å²) in [5.74, 6) is 0.0203. The molecule has 2 heterocycles. The first-order chi connectivity index (χ1) is 13.8. The summed E-state index contributed by atoms with van der Waals surface area (Å²) in [7, 11) is -3.62. The molecule has 0 aliphatic carbocycles.